The summed E-state index contributed by atoms with van der Waals surface area (Å²) in [4.78, 5) is 7.31. The van der Waals surface area contributed by atoms with E-state index in [1.165, 1.54) is 71.0 Å². The average molecular weight is 509 g/mol. The summed E-state index contributed by atoms with van der Waals surface area (Å²) < 4.78 is 0. The Bertz CT molecular complexity index is 788. The molecule has 1 unspecified atom stereocenters. The van der Waals surface area contributed by atoms with Crippen molar-refractivity contribution in [3.05, 3.63) is 48.0 Å². The molecule has 4 heteroatoms. The fourth-order valence-corrected chi connectivity index (χ4v) is 4.90. The maximum Gasteiger partial charge on any atom is 0.0526 e. The van der Waals surface area contributed by atoms with E-state index in [2.05, 4.69) is 61.6 Å². The molecule has 152 valence electrons. The monoisotopic (exact) mass is 508 g/mol. The molecule has 0 saturated carbocycles. The lowest BCUT2D eigenvalue weighted by Crippen LogP contribution is -2.16. The molecule has 2 aromatic rings. The van der Waals surface area contributed by atoms with E-state index in [-0.39, 0.29) is 24.0 Å². The molecule has 0 radical (unpaired) electrons. The Morgan fingerprint density at radius 2 is 1.71 bits per heavy atom. The third-order valence-corrected chi connectivity index (χ3v) is 6.56. The van der Waals surface area contributed by atoms with E-state index >= 15 is 0 Å². The van der Waals surface area contributed by atoms with Gasteiger partial charge in [0.2, 0.25) is 0 Å². The normalized spacial score (nSPS) is 13.8. The van der Waals surface area contributed by atoms with Gasteiger partial charge in [-0.25, -0.2) is 0 Å². The van der Waals surface area contributed by atoms with Crippen molar-refractivity contribution in [2.24, 2.45) is 10.9 Å². The summed E-state index contributed by atoms with van der Waals surface area (Å²) in [5.41, 5.74) is 4.96. The maximum atomic E-state index is 4.72. The molecule has 1 heterocycles. The van der Waals surface area contributed by atoms with E-state index in [9.17, 15) is 0 Å². The van der Waals surface area contributed by atoms with Gasteiger partial charge in [-0.05, 0) is 42.7 Å². The lowest BCUT2D eigenvalue weighted by molar-refractivity contribution is 0.533. The molecule has 0 bridgehead atoms. The summed E-state index contributed by atoms with van der Waals surface area (Å²) in [5.74, 6) is 0.559. The molecular formula is C24H33IN2S. The Labute approximate surface area is 192 Å². The zero-order valence-electron chi connectivity index (χ0n) is 17.3. The van der Waals surface area contributed by atoms with Crippen LogP contribution in [-0.4, -0.2) is 12.8 Å². The predicted octanol–water partition coefficient (Wildman–Crippen LogP) is 8.32. The largest absolute Gasteiger partial charge is 0.354 e. The van der Waals surface area contributed by atoms with Gasteiger partial charge in [0.1, 0.15) is 0 Å². The van der Waals surface area contributed by atoms with Crippen molar-refractivity contribution in [1.82, 2.24) is 0 Å². The van der Waals surface area contributed by atoms with Gasteiger partial charge in [0.05, 0.1) is 11.4 Å². The number of nitrogens with zero attached hydrogens (tertiary/aromatic N) is 1. The second-order valence-corrected chi connectivity index (χ2v) is 8.43. The number of fused-ring (bicyclic) bond motifs is 2. The lowest BCUT2D eigenvalue weighted by Gasteiger charge is -2.23. The van der Waals surface area contributed by atoms with Crippen LogP contribution in [0.4, 0.5) is 11.4 Å². The molecule has 0 saturated heterocycles. The number of benzene rings is 2. The van der Waals surface area contributed by atoms with Gasteiger partial charge < -0.3 is 5.32 Å². The fraction of sp³-hybridized carbons (Fsp3) is 0.458. The molecule has 0 aromatic heterocycles. The number of rotatable bonds is 9. The first-order valence-corrected chi connectivity index (χ1v) is 11.2. The summed E-state index contributed by atoms with van der Waals surface area (Å²) in [6.45, 7) is 4.57. The average Bonchev–Trinajstić information content (AvgIpc) is 2.71. The van der Waals surface area contributed by atoms with Gasteiger partial charge in [0.25, 0.3) is 0 Å². The smallest absolute Gasteiger partial charge is 0.0526 e. The minimum atomic E-state index is 0. The van der Waals surface area contributed by atoms with E-state index in [1.807, 2.05) is 18.8 Å². The van der Waals surface area contributed by atoms with Crippen LogP contribution in [0.15, 0.2) is 57.2 Å². The summed E-state index contributed by atoms with van der Waals surface area (Å²) >= 11 is 1.85. The summed E-state index contributed by atoms with van der Waals surface area (Å²) in [7, 11) is 1.95. The first-order valence-electron chi connectivity index (χ1n) is 10.4. The Hall–Kier alpha value is -1.01. The Kier molecular flexibility index (Phi) is 9.86. The van der Waals surface area contributed by atoms with Crippen molar-refractivity contribution in [2.75, 3.05) is 12.4 Å². The van der Waals surface area contributed by atoms with Gasteiger partial charge >= 0.3 is 0 Å². The van der Waals surface area contributed by atoms with Crippen LogP contribution in [0.2, 0.25) is 0 Å². The molecule has 1 atom stereocenters. The minimum absolute atomic E-state index is 0. The number of hydrogen-bond acceptors (Lipinski definition) is 3. The van der Waals surface area contributed by atoms with Gasteiger partial charge in [-0.15, -0.1) is 24.0 Å². The van der Waals surface area contributed by atoms with Crippen LogP contribution in [-0.2, 0) is 0 Å². The first-order chi connectivity index (χ1) is 13.3. The van der Waals surface area contributed by atoms with Gasteiger partial charge in [-0.3, -0.25) is 4.99 Å². The number of hydrogen-bond donors (Lipinski definition) is 1. The van der Waals surface area contributed by atoms with Crippen LogP contribution in [0.5, 0.6) is 0 Å². The quantitative estimate of drug-likeness (QED) is 0.179. The molecule has 2 aromatic carbocycles. The van der Waals surface area contributed by atoms with E-state index in [1.54, 1.807) is 0 Å². The van der Waals surface area contributed by atoms with E-state index in [0.29, 0.717) is 5.92 Å². The maximum absolute atomic E-state index is 4.72. The van der Waals surface area contributed by atoms with Crippen molar-refractivity contribution >= 4 is 52.8 Å². The SMILES string of the molecule is CCCCCCCC(CC)C(=NC)c1ccc2c(c1)Sc1ccccc1N2.I. The number of aliphatic imine (C=N–C) groups is 1. The van der Waals surface area contributed by atoms with Crippen molar-refractivity contribution in [2.45, 2.75) is 68.6 Å². The second kappa shape index (κ2) is 11.9. The van der Waals surface area contributed by atoms with Gasteiger partial charge in [-0.2, -0.15) is 0 Å². The number of anilines is 2. The molecule has 2 nitrogen and oxygen atoms in total. The van der Waals surface area contributed by atoms with Crippen molar-refractivity contribution in [3.8, 4) is 0 Å². The third kappa shape index (κ3) is 5.76. The molecule has 1 aliphatic heterocycles. The van der Waals surface area contributed by atoms with E-state index < -0.39 is 0 Å². The van der Waals surface area contributed by atoms with Gasteiger partial charge in [-0.1, -0.05) is 75.9 Å². The van der Waals surface area contributed by atoms with Crippen LogP contribution in [0.25, 0.3) is 0 Å². The summed E-state index contributed by atoms with van der Waals surface area (Å²) in [5, 5.41) is 3.56. The molecule has 28 heavy (non-hydrogen) atoms. The number of halogens is 1. The number of para-hydroxylation sites is 1. The van der Waals surface area contributed by atoms with Crippen LogP contribution in [0.3, 0.4) is 0 Å². The molecule has 0 aliphatic carbocycles. The van der Waals surface area contributed by atoms with Crippen molar-refractivity contribution in [1.29, 1.82) is 0 Å². The highest BCUT2D eigenvalue weighted by atomic mass is 127. The molecular weight excluding hydrogens is 475 g/mol. The van der Waals surface area contributed by atoms with Gasteiger partial charge in [0, 0.05) is 28.5 Å². The van der Waals surface area contributed by atoms with E-state index in [0.717, 1.165) is 6.42 Å². The highest BCUT2D eigenvalue weighted by molar-refractivity contribution is 14.0. The first kappa shape index (κ1) is 23.3. The number of nitrogens with one attached hydrogen (secondary N) is 1. The molecule has 1 N–H and O–H groups in total. The van der Waals surface area contributed by atoms with E-state index in [4.69, 9.17) is 4.99 Å². The molecule has 0 spiro atoms. The molecule has 0 fully saturated rings. The van der Waals surface area contributed by atoms with Crippen LogP contribution < -0.4 is 5.32 Å². The standard InChI is InChI=1S/C24H32N2S.HI/c1-4-6-7-8-9-12-18(5-2)24(25-3)19-15-16-21-23(17-19)27-22-14-11-10-13-20(22)26-21;/h10-11,13-18,26H,4-9,12H2,1-3H3;1H. The van der Waals surface area contributed by atoms with Crippen LogP contribution in [0, 0.1) is 5.92 Å². The van der Waals surface area contributed by atoms with Crippen LogP contribution in [0.1, 0.15) is 64.4 Å². The highest BCUT2D eigenvalue weighted by Gasteiger charge is 2.20. The minimum Gasteiger partial charge on any atom is -0.354 e. The zero-order valence-corrected chi connectivity index (χ0v) is 20.5. The number of unbranched alkanes of at least 4 members (excludes halogenated alkanes) is 4. The Morgan fingerprint density at radius 3 is 2.46 bits per heavy atom. The molecule has 3 rings (SSSR count). The molecule has 1 aliphatic rings. The second-order valence-electron chi connectivity index (χ2n) is 7.35. The third-order valence-electron chi connectivity index (χ3n) is 5.43. The lowest BCUT2D eigenvalue weighted by atomic mass is 9.89. The highest BCUT2D eigenvalue weighted by Crippen LogP contribution is 2.44. The Balaban J connectivity index is 0.00000280. The zero-order chi connectivity index (χ0) is 19.1. The summed E-state index contributed by atoms with van der Waals surface area (Å²) in [6.07, 6.45) is 9.11. The summed E-state index contributed by atoms with van der Waals surface area (Å²) in [6, 6.07) is 15.3. The van der Waals surface area contributed by atoms with Crippen LogP contribution >= 0.6 is 35.7 Å². The van der Waals surface area contributed by atoms with Crippen molar-refractivity contribution < 1.29 is 0 Å². The predicted molar refractivity (Wildman–Crippen MR) is 135 cm³/mol. The van der Waals surface area contributed by atoms with Gasteiger partial charge in [0.15, 0.2) is 0 Å². The Morgan fingerprint density at radius 1 is 0.964 bits per heavy atom. The molecule has 0 amide bonds. The fourth-order valence-electron chi connectivity index (χ4n) is 3.87. The topological polar surface area (TPSA) is 24.4 Å². The van der Waals surface area contributed by atoms with Crippen molar-refractivity contribution in [3.63, 3.8) is 0 Å².